The maximum Gasteiger partial charge on any atom is 0.174 e. The van der Waals surface area contributed by atoms with Gasteiger partial charge in [0.05, 0.1) is 17.6 Å². The number of furan rings is 1. The molecule has 1 N–H and O–H groups in total. The number of hydrogen-bond donors (Lipinski definition) is 1. The molecule has 0 unspecified atom stereocenters. The van der Waals surface area contributed by atoms with Gasteiger partial charge in [-0.3, -0.25) is 4.90 Å². The molecular weight excluding hydrogens is 472 g/mol. The number of piperazine rings is 1. The van der Waals surface area contributed by atoms with E-state index in [4.69, 9.17) is 25.7 Å². The van der Waals surface area contributed by atoms with E-state index in [-0.39, 0.29) is 0 Å². The summed E-state index contributed by atoms with van der Waals surface area (Å²) in [7, 11) is 0. The largest absolute Gasteiger partial charge is 0.493 e. The molecule has 2 aromatic heterocycles. The molecular formula is C29H35ClN4O2. The van der Waals surface area contributed by atoms with Crippen molar-refractivity contribution in [3.8, 4) is 17.3 Å². The van der Waals surface area contributed by atoms with Crippen molar-refractivity contribution in [3.63, 3.8) is 0 Å². The molecule has 0 amide bonds. The molecule has 0 spiro atoms. The quantitative estimate of drug-likeness (QED) is 0.291. The second-order valence-corrected chi connectivity index (χ2v) is 10.5. The van der Waals surface area contributed by atoms with Crippen LogP contribution in [0.3, 0.4) is 0 Å². The summed E-state index contributed by atoms with van der Waals surface area (Å²) in [6.45, 7) is 13.8. The molecule has 36 heavy (non-hydrogen) atoms. The standard InChI is InChI=1S/C29H35ClN4O2/c1-4-33-11-13-34(14-12-33)18-21-5-8-25-26(15-21)32-29(31-25)28-10-7-24(36-28)17-22-16-23(30)6-9-27(22)35-19-20(2)3/h5-10,15-16,20H,4,11-14,17-19H2,1-3H3,(H,31,32). The van der Waals surface area contributed by atoms with E-state index < -0.39 is 0 Å². The van der Waals surface area contributed by atoms with Crippen LogP contribution < -0.4 is 4.74 Å². The molecule has 4 aromatic rings. The average molecular weight is 507 g/mol. The van der Waals surface area contributed by atoms with Crippen LogP contribution in [0.1, 0.15) is 37.7 Å². The summed E-state index contributed by atoms with van der Waals surface area (Å²) in [4.78, 5) is 13.3. The molecule has 1 saturated heterocycles. The molecule has 0 saturated carbocycles. The number of nitrogens with one attached hydrogen (secondary N) is 1. The van der Waals surface area contributed by atoms with E-state index in [1.54, 1.807) is 0 Å². The summed E-state index contributed by atoms with van der Waals surface area (Å²) in [6, 6.07) is 16.2. The number of aromatic amines is 1. The van der Waals surface area contributed by atoms with Crippen molar-refractivity contribution in [1.82, 2.24) is 19.8 Å². The highest BCUT2D eigenvalue weighted by atomic mass is 35.5. The van der Waals surface area contributed by atoms with E-state index in [9.17, 15) is 0 Å². The van der Waals surface area contributed by atoms with Crippen LogP contribution in [0.4, 0.5) is 0 Å². The summed E-state index contributed by atoms with van der Waals surface area (Å²) in [5, 5.41) is 0.689. The number of likely N-dealkylation sites (N-methyl/N-ethyl adjacent to an activating group) is 1. The Balaban J connectivity index is 1.29. The zero-order chi connectivity index (χ0) is 25.1. The lowest BCUT2D eigenvalue weighted by molar-refractivity contribution is 0.132. The number of benzene rings is 2. The predicted octanol–water partition coefficient (Wildman–Crippen LogP) is 6.24. The Kier molecular flexibility index (Phi) is 7.65. The molecule has 2 aromatic carbocycles. The van der Waals surface area contributed by atoms with Crippen molar-refractivity contribution >= 4 is 22.6 Å². The Morgan fingerprint density at radius 2 is 1.83 bits per heavy atom. The molecule has 7 heteroatoms. The van der Waals surface area contributed by atoms with Gasteiger partial charge in [0, 0.05) is 49.7 Å². The topological polar surface area (TPSA) is 57.5 Å². The monoisotopic (exact) mass is 506 g/mol. The van der Waals surface area contributed by atoms with Crippen LogP contribution in [0.2, 0.25) is 5.02 Å². The van der Waals surface area contributed by atoms with Crippen molar-refractivity contribution in [2.24, 2.45) is 5.92 Å². The van der Waals surface area contributed by atoms with E-state index in [0.717, 1.165) is 79.0 Å². The second kappa shape index (κ2) is 11.1. The van der Waals surface area contributed by atoms with Crippen molar-refractivity contribution in [2.75, 3.05) is 39.3 Å². The molecule has 190 valence electrons. The highest BCUT2D eigenvalue weighted by Gasteiger charge is 2.17. The van der Waals surface area contributed by atoms with E-state index in [0.29, 0.717) is 24.0 Å². The third-order valence-corrected chi connectivity index (χ3v) is 6.95. The number of H-pyrrole nitrogens is 1. The number of fused-ring (bicyclic) bond motifs is 1. The number of hydrogen-bond acceptors (Lipinski definition) is 5. The lowest BCUT2D eigenvalue weighted by Gasteiger charge is -2.34. The maximum absolute atomic E-state index is 6.27. The van der Waals surface area contributed by atoms with E-state index in [1.165, 1.54) is 5.56 Å². The molecule has 0 aliphatic carbocycles. The van der Waals surface area contributed by atoms with Gasteiger partial charge in [0.1, 0.15) is 11.5 Å². The van der Waals surface area contributed by atoms with Crippen LogP contribution in [-0.4, -0.2) is 59.1 Å². The van der Waals surface area contributed by atoms with Gasteiger partial charge in [-0.1, -0.05) is 38.4 Å². The number of aromatic nitrogens is 2. The fourth-order valence-corrected chi connectivity index (χ4v) is 4.86. The van der Waals surface area contributed by atoms with Crippen LogP contribution >= 0.6 is 11.6 Å². The maximum atomic E-state index is 6.27. The van der Waals surface area contributed by atoms with E-state index >= 15 is 0 Å². The lowest BCUT2D eigenvalue weighted by Crippen LogP contribution is -2.45. The van der Waals surface area contributed by atoms with Crippen molar-refractivity contribution in [1.29, 1.82) is 0 Å². The molecule has 1 aliphatic heterocycles. The summed E-state index contributed by atoms with van der Waals surface area (Å²) in [5.41, 5.74) is 4.30. The summed E-state index contributed by atoms with van der Waals surface area (Å²) in [5.74, 6) is 3.61. The second-order valence-electron chi connectivity index (χ2n) is 10.0. The Morgan fingerprint density at radius 3 is 2.61 bits per heavy atom. The minimum Gasteiger partial charge on any atom is -0.493 e. The van der Waals surface area contributed by atoms with Crippen LogP contribution in [0.5, 0.6) is 5.75 Å². The fraction of sp³-hybridized carbons (Fsp3) is 0.414. The van der Waals surface area contributed by atoms with Gasteiger partial charge in [-0.15, -0.1) is 0 Å². The average Bonchev–Trinajstić information content (AvgIpc) is 3.50. The lowest BCUT2D eigenvalue weighted by atomic mass is 10.1. The van der Waals surface area contributed by atoms with Crippen LogP contribution in [0.15, 0.2) is 52.9 Å². The van der Waals surface area contributed by atoms with Crippen LogP contribution in [0, 0.1) is 5.92 Å². The fourth-order valence-electron chi connectivity index (χ4n) is 4.66. The number of ether oxygens (including phenoxy) is 1. The first-order valence-electron chi connectivity index (χ1n) is 12.9. The number of nitrogens with zero attached hydrogens (tertiary/aromatic N) is 3. The molecule has 0 bridgehead atoms. The van der Waals surface area contributed by atoms with Gasteiger partial charge in [0.25, 0.3) is 0 Å². The highest BCUT2D eigenvalue weighted by molar-refractivity contribution is 6.30. The Labute approximate surface area is 218 Å². The smallest absolute Gasteiger partial charge is 0.174 e. The molecule has 0 atom stereocenters. The van der Waals surface area contributed by atoms with Crippen molar-refractivity contribution in [2.45, 2.75) is 33.7 Å². The summed E-state index contributed by atoms with van der Waals surface area (Å²) in [6.07, 6.45) is 0.601. The Hall–Kier alpha value is -2.80. The van der Waals surface area contributed by atoms with Gasteiger partial charge in [-0.05, 0) is 60.5 Å². The molecule has 3 heterocycles. The summed E-state index contributed by atoms with van der Waals surface area (Å²) < 4.78 is 12.2. The SMILES string of the molecule is CCN1CCN(Cc2ccc3nc(-c4ccc(Cc5cc(Cl)ccc5OCC(C)C)o4)[nH]c3c2)CC1. The highest BCUT2D eigenvalue weighted by Crippen LogP contribution is 2.29. The van der Waals surface area contributed by atoms with Gasteiger partial charge in [0.15, 0.2) is 11.6 Å². The number of imidazole rings is 1. The zero-order valence-corrected chi connectivity index (χ0v) is 22.1. The van der Waals surface area contributed by atoms with Gasteiger partial charge in [-0.25, -0.2) is 4.98 Å². The Bertz CT molecular complexity index is 1300. The minimum atomic E-state index is 0.448. The molecule has 0 radical (unpaired) electrons. The van der Waals surface area contributed by atoms with E-state index in [1.807, 2.05) is 30.3 Å². The first kappa shape index (κ1) is 24.9. The van der Waals surface area contributed by atoms with Gasteiger partial charge in [0.2, 0.25) is 0 Å². The Morgan fingerprint density at radius 1 is 1.03 bits per heavy atom. The van der Waals surface area contributed by atoms with Crippen LogP contribution in [-0.2, 0) is 13.0 Å². The first-order valence-corrected chi connectivity index (χ1v) is 13.3. The number of rotatable bonds is 9. The van der Waals surface area contributed by atoms with Crippen molar-refractivity contribution in [3.05, 3.63) is 70.4 Å². The molecule has 1 aliphatic rings. The summed E-state index contributed by atoms with van der Waals surface area (Å²) >= 11 is 6.27. The first-order chi connectivity index (χ1) is 17.5. The third-order valence-electron chi connectivity index (χ3n) is 6.72. The minimum absolute atomic E-state index is 0.448. The molecule has 5 rings (SSSR count). The third kappa shape index (κ3) is 5.94. The molecule has 1 fully saturated rings. The number of halogens is 1. The predicted molar refractivity (Wildman–Crippen MR) is 146 cm³/mol. The van der Waals surface area contributed by atoms with Gasteiger partial charge < -0.3 is 19.0 Å². The van der Waals surface area contributed by atoms with Gasteiger partial charge in [-0.2, -0.15) is 0 Å². The van der Waals surface area contributed by atoms with E-state index in [2.05, 4.69) is 53.8 Å². The molecule has 6 nitrogen and oxygen atoms in total. The normalized spacial score (nSPS) is 15.2. The van der Waals surface area contributed by atoms with Crippen molar-refractivity contribution < 1.29 is 9.15 Å². The van der Waals surface area contributed by atoms with Gasteiger partial charge >= 0.3 is 0 Å². The van der Waals surface area contributed by atoms with Crippen LogP contribution in [0.25, 0.3) is 22.6 Å². The zero-order valence-electron chi connectivity index (χ0n) is 21.4.